The van der Waals surface area contributed by atoms with Gasteiger partial charge in [-0.25, -0.2) is 0 Å². The molecule has 0 aliphatic heterocycles. The van der Waals surface area contributed by atoms with Crippen LogP contribution >= 0.6 is 27.7 Å². The molecule has 31 heavy (non-hydrogen) atoms. The summed E-state index contributed by atoms with van der Waals surface area (Å²) in [6.45, 7) is 6.73. The number of carbonyl (C=O) groups is 1. The Kier molecular flexibility index (Phi) is 7.97. The molecule has 2 aromatic carbocycles. The molecule has 9 heteroatoms. The number of ether oxygens (including phenoxy) is 2. The van der Waals surface area contributed by atoms with Gasteiger partial charge in [-0.15, -0.1) is 10.2 Å². The van der Waals surface area contributed by atoms with E-state index in [-0.39, 0.29) is 18.3 Å². The molecule has 0 fully saturated rings. The van der Waals surface area contributed by atoms with E-state index in [2.05, 4.69) is 31.4 Å². The SMILES string of the molecule is CCOc1cc(C)ccc1OCc1nnc(SCC(=O)Nc2ccc(Br)c(C)c2)n1C. The van der Waals surface area contributed by atoms with Crippen molar-refractivity contribution in [3.8, 4) is 11.5 Å². The fourth-order valence-electron chi connectivity index (χ4n) is 2.79. The average Bonchev–Trinajstić information content (AvgIpc) is 3.08. The zero-order valence-corrected chi connectivity index (χ0v) is 20.3. The highest BCUT2D eigenvalue weighted by molar-refractivity contribution is 9.10. The zero-order valence-electron chi connectivity index (χ0n) is 17.9. The first-order valence-corrected chi connectivity index (χ1v) is 11.6. The standard InChI is InChI=1S/C22H25BrN4O3S/c1-5-29-19-10-14(2)6-9-18(19)30-12-20-25-26-22(27(20)4)31-13-21(28)24-16-7-8-17(23)15(3)11-16/h6-11H,5,12-13H2,1-4H3,(H,24,28). The zero-order chi connectivity index (χ0) is 22.4. The number of anilines is 1. The molecule has 1 amide bonds. The monoisotopic (exact) mass is 504 g/mol. The number of aromatic nitrogens is 3. The maximum atomic E-state index is 12.3. The summed E-state index contributed by atoms with van der Waals surface area (Å²) in [4.78, 5) is 12.3. The summed E-state index contributed by atoms with van der Waals surface area (Å²) in [5.74, 6) is 2.16. The summed E-state index contributed by atoms with van der Waals surface area (Å²) < 4.78 is 14.4. The highest BCUT2D eigenvalue weighted by Crippen LogP contribution is 2.29. The van der Waals surface area contributed by atoms with Crippen LogP contribution in [0.2, 0.25) is 0 Å². The number of halogens is 1. The number of nitrogens with zero attached hydrogens (tertiary/aromatic N) is 3. The third-order valence-corrected chi connectivity index (χ3v) is 6.36. The molecule has 0 bridgehead atoms. The number of aryl methyl sites for hydroxylation is 2. The van der Waals surface area contributed by atoms with Crippen LogP contribution in [0.5, 0.6) is 11.5 Å². The third kappa shape index (κ3) is 6.24. The molecule has 1 aromatic heterocycles. The van der Waals surface area contributed by atoms with Gasteiger partial charge in [0, 0.05) is 17.2 Å². The normalized spacial score (nSPS) is 10.7. The first kappa shape index (κ1) is 23.1. The van der Waals surface area contributed by atoms with Crippen LogP contribution in [0.25, 0.3) is 0 Å². The fourth-order valence-corrected chi connectivity index (χ4v) is 3.77. The lowest BCUT2D eigenvalue weighted by atomic mass is 10.2. The maximum absolute atomic E-state index is 12.3. The van der Waals surface area contributed by atoms with E-state index in [0.717, 1.165) is 21.3 Å². The van der Waals surface area contributed by atoms with Crippen LogP contribution in [-0.2, 0) is 18.4 Å². The van der Waals surface area contributed by atoms with Crippen LogP contribution in [0, 0.1) is 13.8 Å². The number of thioether (sulfide) groups is 1. The molecule has 164 valence electrons. The minimum absolute atomic E-state index is 0.103. The van der Waals surface area contributed by atoms with Gasteiger partial charge in [0.05, 0.1) is 12.4 Å². The van der Waals surface area contributed by atoms with E-state index >= 15 is 0 Å². The summed E-state index contributed by atoms with van der Waals surface area (Å²) >= 11 is 4.78. The van der Waals surface area contributed by atoms with Gasteiger partial charge in [-0.3, -0.25) is 4.79 Å². The van der Waals surface area contributed by atoms with Gasteiger partial charge >= 0.3 is 0 Å². The molecule has 0 saturated heterocycles. The van der Waals surface area contributed by atoms with E-state index in [0.29, 0.717) is 29.1 Å². The number of benzene rings is 2. The van der Waals surface area contributed by atoms with E-state index in [9.17, 15) is 4.79 Å². The number of nitrogens with one attached hydrogen (secondary N) is 1. The Balaban J connectivity index is 1.56. The molecule has 0 radical (unpaired) electrons. The molecule has 3 aromatic rings. The van der Waals surface area contributed by atoms with Gasteiger partial charge in [0.15, 0.2) is 22.5 Å². The van der Waals surface area contributed by atoms with Crippen molar-refractivity contribution in [3.05, 3.63) is 57.8 Å². The molecule has 3 rings (SSSR count). The van der Waals surface area contributed by atoms with Crippen molar-refractivity contribution in [2.24, 2.45) is 7.05 Å². The summed E-state index contributed by atoms with van der Waals surface area (Å²) in [5.41, 5.74) is 2.93. The average molecular weight is 505 g/mol. The number of rotatable bonds is 9. The molecule has 0 spiro atoms. The van der Waals surface area contributed by atoms with E-state index in [1.807, 2.05) is 68.8 Å². The van der Waals surface area contributed by atoms with Crippen LogP contribution in [0.15, 0.2) is 46.0 Å². The van der Waals surface area contributed by atoms with Crippen LogP contribution in [0.1, 0.15) is 23.9 Å². The number of hydrogen-bond acceptors (Lipinski definition) is 6. The van der Waals surface area contributed by atoms with Crippen molar-refractivity contribution in [1.29, 1.82) is 0 Å². The smallest absolute Gasteiger partial charge is 0.234 e. The van der Waals surface area contributed by atoms with Crippen molar-refractivity contribution in [2.45, 2.75) is 32.5 Å². The lowest BCUT2D eigenvalue weighted by molar-refractivity contribution is -0.113. The molecule has 0 aliphatic rings. The largest absolute Gasteiger partial charge is 0.490 e. The minimum atomic E-state index is -0.103. The molecule has 1 N–H and O–H groups in total. The quantitative estimate of drug-likeness (QED) is 0.417. The van der Waals surface area contributed by atoms with Gasteiger partial charge in [0.2, 0.25) is 5.91 Å². The van der Waals surface area contributed by atoms with E-state index < -0.39 is 0 Å². The Hall–Kier alpha value is -2.52. The molecule has 0 saturated carbocycles. The summed E-state index contributed by atoms with van der Waals surface area (Å²) in [7, 11) is 1.86. The van der Waals surface area contributed by atoms with Gasteiger partial charge in [0.1, 0.15) is 6.61 Å². The van der Waals surface area contributed by atoms with Gasteiger partial charge in [-0.1, -0.05) is 33.8 Å². The van der Waals surface area contributed by atoms with E-state index in [1.165, 1.54) is 11.8 Å². The maximum Gasteiger partial charge on any atom is 0.234 e. The topological polar surface area (TPSA) is 78.3 Å². The molecular weight excluding hydrogens is 480 g/mol. The Bertz CT molecular complexity index is 1070. The third-order valence-electron chi connectivity index (χ3n) is 4.45. The van der Waals surface area contributed by atoms with Crippen molar-refractivity contribution < 1.29 is 14.3 Å². The molecule has 1 heterocycles. The second-order valence-corrected chi connectivity index (χ2v) is 8.73. The second-order valence-electron chi connectivity index (χ2n) is 6.93. The summed E-state index contributed by atoms with van der Waals surface area (Å²) in [6, 6.07) is 11.5. The Morgan fingerprint density at radius 2 is 1.94 bits per heavy atom. The van der Waals surface area contributed by atoms with Gasteiger partial charge in [-0.05, 0) is 62.2 Å². The Morgan fingerprint density at radius 3 is 2.68 bits per heavy atom. The highest BCUT2D eigenvalue weighted by atomic mass is 79.9. The van der Waals surface area contributed by atoms with Gasteiger partial charge in [-0.2, -0.15) is 0 Å². The predicted molar refractivity (Wildman–Crippen MR) is 126 cm³/mol. The van der Waals surface area contributed by atoms with Gasteiger partial charge in [0.25, 0.3) is 0 Å². The van der Waals surface area contributed by atoms with Crippen molar-refractivity contribution in [1.82, 2.24) is 14.8 Å². The van der Waals surface area contributed by atoms with Crippen molar-refractivity contribution in [3.63, 3.8) is 0 Å². The number of carbonyl (C=O) groups excluding carboxylic acids is 1. The molecule has 0 atom stereocenters. The van der Waals surface area contributed by atoms with Crippen LogP contribution in [-0.4, -0.2) is 33.0 Å². The molecule has 0 unspecified atom stereocenters. The van der Waals surface area contributed by atoms with Crippen molar-refractivity contribution >= 4 is 39.3 Å². The molecular formula is C22H25BrN4O3S. The Morgan fingerprint density at radius 1 is 1.13 bits per heavy atom. The highest BCUT2D eigenvalue weighted by Gasteiger charge is 2.14. The number of hydrogen-bond donors (Lipinski definition) is 1. The first-order valence-electron chi connectivity index (χ1n) is 9.80. The summed E-state index contributed by atoms with van der Waals surface area (Å²) in [5, 5.41) is 11.9. The van der Waals surface area contributed by atoms with Crippen LogP contribution in [0.4, 0.5) is 5.69 Å². The molecule has 0 aliphatic carbocycles. The van der Waals surface area contributed by atoms with Gasteiger partial charge < -0.3 is 19.4 Å². The van der Waals surface area contributed by atoms with E-state index in [1.54, 1.807) is 0 Å². The van der Waals surface area contributed by atoms with E-state index in [4.69, 9.17) is 9.47 Å². The predicted octanol–water partition coefficient (Wildman–Crippen LogP) is 4.90. The van der Waals surface area contributed by atoms with Crippen molar-refractivity contribution in [2.75, 3.05) is 17.7 Å². The van der Waals surface area contributed by atoms with Crippen LogP contribution < -0.4 is 14.8 Å². The van der Waals surface area contributed by atoms with Crippen LogP contribution in [0.3, 0.4) is 0 Å². The Labute approximate surface area is 194 Å². The first-order chi connectivity index (χ1) is 14.9. The molecule has 7 nitrogen and oxygen atoms in total. The number of amides is 1. The minimum Gasteiger partial charge on any atom is -0.490 e. The lowest BCUT2D eigenvalue weighted by Gasteiger charge is -2.12. The summed E-state index contributed by atoms with van der Waals surface area (Å²) in [6.07, 6.45) is 0. The lowest BCUT2D eigenvalue weighted by Crippen LogP contribution is -2.14. The fraction of sp³-hybridized carbons (Fsp3) is 0.318. The second kappa shape index (κ2) is 10.7.